The van der Waals surface area contributed by atoms with Crippen molar-refractivity contribution < 1.29 is 4.52 Å². The van der Waals surface area contributed by atoms with Gasteiger partial charge < -0.3 is 9.84 Å². The molecule has 3 rings (SSSR count). The summed E-state index contributed by atoms with van der Waals surface area (Å²) >= 11 is 0. The minimum atomic E-state index is 0.381. The van der Waals surface area contributed by atoms with Gasteiger partial charge in [-0.3, -0.25) is 4.90 Å². The van der Waals surface area contributed by atoms with Crippen molar-refractivity contribution >= 4 is 0 Å². The molecule has 1 aliphatic heterocycles. The smallest absolute Gasteiger partial charge is 0.150 e. The van der Waals surface area contributed by atoms with Gasteiger partial charge in [0.2, 0.25) is 0 Å². The van der Waals surface area contributed by atoms with Crippen molar-refractivity contribution in [3.63, 3.8) is 0 Å². The number of rotatable bonds is 3. The van der Waals surface area contributed by atoms with Gasteiger partial charge in [-0.25, -0.2) is 0 Å². The molecule has 2 aliphatic rings. The number of hydrogen-bond acceptors (Lipinski definition) is 4. The highest BCUT2D eigenvalue weighted by Crippen LogP contribution is 2.34. The molecule has 0 bridgehead atoms. The Morgan fingerprint density at radius 2 is 2.33 bits per heavy atom. The molecule has 0 radical (unpaired) electrons. The molecule has 4 heteroatoms. The van der Waals surface area contributed by atoms with Crippen LogP contribution in [0.15, 0.2) is 16.8 Å². The zero-order valence-corrected chi connectivity index (χ0v) is 11.2. The SMILES string of the molecule is CCC1CNC2(CCCC2)CN1Cc1ccno1. The molecule has 18 heavy (non-hydrogen) atoms. The highest BCUT2D eigenvalue weighted by Gasteiger charge is 2.40. The predicted molar refractivity (Wildman–Crippen MR) is 70.2 cm³/mol. The molecule has 2 heterocycles. The molecule has 1 N–H and O–H groups in total. The third-order valence-electron chi connectivity index (χ3n) is 4.62. The Hall–Kier alpha value is -0.870. The van der Waals surface area contributed by atoms with E-state index in [4.69, 9.17) is 4.52 Å². The molecule has 1 unspecified atom stereocenters. The lowest BCUT2D eigenvalue weighted by atomic mass is 9.91. The van der Waals surface area contributed by atoms with E-state index in [9.17, 15) is 0 Å². The quantitative estimate of drug-likeness (QED) is 0.891. The van der Waals surface area contributed by atoms with Gasteiger partial charge in [-0.15, -0.1) is 0 Å². The molecule has 1 atom stereocenters. The maximum atomic E-state index is 5.27. The number of piperazine rings is 1. The third kappa shape index (κ3) is 2.31. The largest absolute Gasteiger partial charge is 0.360 e. The molecule has 1 spiro atoms. The Morgan fingerprint density at radius 3 is 3.00 bits per heavy atom. The fourth-order valence-electron chi connectivity index (χ4n) is 3.54. The van der Waals surface area contributed by atoms with E-state index >= 15 is 0 Å². The van der Waals surface area contributed by atoms with Crippen LogP contribution in [-0.4, -0.2) is 34.7 Å². The summed E-state index contributed by atoms with van der Waals surface area (Å²) in [6.45, 7) is 5.45. The van der Waals surface area contributed by atoms with Gasteiger partial charge in [0.05, 0.1) is 12.7 Å². The first-order chi connectivity index (χ1) is 8.81. The van der Waals surface area contributed by atoms with Crippen molar-refractivity contribution in [2.24, 2.45) is 0 Å². The normalized spacial score (nSPS) is 27.9. The molecule has 1 saturated heterocycles. The number of nitrogens with zero attached hydrogens (tertiary/aromatic N) is 2. The third-order valence-corrected chi connectivity index (χ3v) is 4.62. The minimum Gasteiger partial charge on any atom is -0.360 e. The summed E-state index contributed by atoms with van der Waals surface area (Å²) in [7, 11) is 0. The summed E-state index contributed by atoms with van der Waals surface area (Å²) in [5.41, 5.74) is 0.381. The van der Waals surface area contributed by atoms with Crippen LogP contribution in [0.2, 0.25) is 0 Å². The van der Waals surface area contributed by atoms with Crippen molar-refractivity contribution in [1.82, 2.24) is 15.4 Å². The molecule has 1 aliphatic carbocycles. The second kappa shape index (κ2) is 5.02. The van der Waals surface area contributed by atoms with Crippen LogP contribution in [0.3, 0.4) is 0 Å². The standard InChI is InChI=1S/C14H23N3O/c1-2-12-9-15-14(6-3-4-7-14)11-17(12)10-13-5-8-16-18-13/h5,8,12,15H,2-4,6-7,9-11H2,1H3. The summed E-state index contributed by atoms with van der Waals surface area (Å²) in [5, 5.41) is 7.63. The average Bonchev–Trinajstić information content (AvgIpc) is 3.02. The minimum absolute atomic E-state index is 0.381. The van der Waals surface area contributed by atoms with Crippen LogP contribution in [0.5, 0.6) is 0 Å². The van der Waals surface area contributed by atoms with Gasteiger partial charge in [-0.2, -0.15) is 0 Å². The Morgan fingerprint density at radius 1 is 1.50 bits per heavy atom. The van der Waals surface area contributed by atoms with Gasteiger partial charge in [0.1, 0.15) is 0 Å². The van der Waals surface area contributed by atoms with Crippen molar-refractivity contribution in [2.45, 2.75) is 57.2 Å². The molecular formula is C14H23N3O. The van der Waals surface area contributed by atoms with Gasteiger partial charge in [-0.1, -0.05) is 24.9 Å². The van der Waals surface area contributed by atoms with Crippen LogP contribution in [-0.2, 0) is 6.54 Å². The topological polar surface area (TPSA) is 41.3 Å². The zero-order valence-electron chi connectivity index (χ0n) is 11.2. The molecule has 1 aromatic heterocycles. The Labute approximate surface area is 109 Å². The predicted octanol–water partition coefficient (Wildman–Crippen LogP) is 2.17. The average molecular weight is 249 g/mol. The molecule has 4 nitrogen and oxygen atoms in total. The monoisotopic (exact) mass is 249 g/mol. The zero-order chi connectivity index (χ0) is 12.4. The van der Waals surface area contributed by atoms with Crippen molar-refractivity contribution in [3.8, 4) is 0 Å². The van der Waals surface area contributed by atoms with E-state index in [0.717, 1.165) is 25.4 Å². The van der Waals surface area contributed by atoms with Crippen molar-refractivity contribution in [1.29, 1.82) is 0 Å². The number of aromatic nitrogens is 1. The van der Waals surface area contributed by atoms with Gasteiger partial charge in [-0.05, 0) is 19.3 Å². The fraction of sp³-hybridized carbons (Fsp3) is 0.786. The van der Waals surface area contributed by atoms with E-state index in [2.05, 4.69) is 22.3 Å². The maximum Gasteiger partial charge on any atom is 0.150 e. The number of hydrogen-bond donors (Lipinski definition) is 1. The van der Waals surface area contributed by atoms with Gasteiger partial charge in [0, 0.05) is 30.7 Å². The summed E-state index contributed by atoms with van der Waals surface area (Å²) < 4.78 is 5.27. The fourth-order valence-corrected chi connectivity index (χ4v) is 3.54. The van der Waals surface area contributed by atoms with E-state index in [1.807, 2.05) is 6.07 Å². The van der Waals surface area contributed by atoms with Crippen LogP contribution in [0.25, 0.3) is 0 Å². The van der Waals surface area contributed by atoms with Crippen LogP contribution in [0, 0.1) is 0 Å². The molecule has 1 saturated carbocycles. The molecule has 0 amide bonds. The molecule has 1 aromatic rings. The van der Waals surface area contributed by atoms with Gasteiger partial charge in [0.25, 0.3) is 0 Å². The van der Waals surface area contributed by atoms with Crippen molar-refractivity contribution in [2.75, 3.05) is 13.1 Å². The highest BCUT2D eigenvalue weighted by atomic mass is 16.5. The first-order valence-electron chi connectivity index (χ1n) is 7.20. The van der Waals surface area contributed by atoms with E-state index in [1.165, 1.54) is 32.1 Å². The molecule has 100 valence electrons. The van der Waals surface area contributed by atoms with Crippen LogP contribution in [0.1, 0.15) is 44.8 Å². The van der Waals surface area contributed by atoms with Crippen LogP contribution in [0.4, 0.5) is 0 Å². The van der Waals surface area contributed by atoms with Crippen LogP contribution >= 0.6 is 0 Å². The first-order valence-corrected chi connectivity index (χ1v) is 7.20. The second-order valence-corrected chi connectivity index (χ2v) is 5.81. The van der Waals surface area contributed by atoms with Gasteiger partial charge in [0.15, 0.2) is 5.76 Å². The summed E-state index contributed by atoms with van der Waals surface area (Å²) in [6.07, 6.45) is 8.34. The highest BCUT2D eigenvalue weighted by molar-refractivity contribution is 5.03. The first kappa shape index (κ1) is 12.2. The van der Waals surface area contributed by atoms with E-state index < -0.39 is 0 Å². The lowest BCUT2D eigenvalue weighted by Gasteiger charge is -2.46. The second-order valence-electron chi connectivity index (χ2n) is 5.81. The van der Waals surface area contributed by atoms with Crippen molar-refractivity contribution in [3.05, 3.63) is 18.0 Å². The summed E-state index contributed by atoms with van der Waals surface area (Å²) in [6, 6.07) is 2.61. The Kier molecular flexibility index (Phi) is 3.39. The summed E-state index contributed by atoms with van der Waals surface area (Å²) in [5.74, 6) is 0.989. The molecular weight excluding hydrogens is 226 g/mol. The lowest BCUT2D eigenvalue weighted by Crippen LogP contribution is -2.62. The number of nitrogens with one attached hydrogen (secondary N) is 1. The Bertz CT molecular complexity index is 370. The Balaban J connectivity index is 1.71. The van der Waals surface area contributed by atoms with E-state index in [-0.39, 0.29) is 0 Å². The maximum absolute atomic E-state index is 5.27. The van der Waals surface area contributed by atoms with E-state index in [0.29, 0.717) is 11.6 Å². The van der Waals surface area contributed by atoms with E-state index in [1.54, 1.807) is 6.20 Å². The lowest BCUT2D eigenvalue weighted by molar-refractivity contribution is 0.0642. The van der Waals surface area contributed by atoms with Crippen LogP contribution < -0.4 is 5.32 Å². The van der Waals surface area contributed by atoms with Gasteiger partial charge >= 0.3 is 0 Å². The summed E-state index contributed by atoms with van der Waals surface area (Å²) in [4.78, 5) is 2.59. The molecule has 2 fully saturated rings. The molecule has 0 aromatic carbocycles.